The van der Waals surface area contributed by atoms with Crippen molar-refractivity contribution in [1.29, 1.82) is 0 Å². The molecule has 1 N–H and O–H groups in total. The largest absolute Gasteiger partial charge is 0.489 e. The third-order valence-electron chi connectivity index (χ3n) is 5.07. The van der Waals surface area contributed by atoms with Crippen LogP contribution in [0.25, 0.3) is 0 Å². The summed E-state index contributed by atoms with van der Waals surface area (Å²) in [6.45, 7) is 0.444. The molecule has 0 spiro atoms. The molecule has 0 unspecified atom stereocenters. The Balaban J connectivity index is 1.38. The summed E-state index contributed by atoms with van der Waals surface area (Å²) >= 11 is 0. The quantitative estimate of drug-likeness (QED) is 0.289. The molecule has 4 nitrogen and oxygen atoms in total. The van der Waals surface area contributed by atoms with E-state index in [0.717, 1.165) is 22.4 Å². The van der Waals surface area contributed by atoms with Gasteiger partial charge in [-0.25, -0.2) is 5.43 Å². The average molecular weight is 421 g/mol. The van der Waals surface area contributed by atoms with Crippen LogP contribution in [0.5, 0.6) is 5.75 Å². The second-order valence-electron chi connectivity index (χ2n) is 7.32. The Kier molecular flexibility index (Phi) is 7.06. The first-order chi connectivity index (χ1) is 15.8. The van der Waals surface area contributed by atoms with Crippen LogP contribution in [-0.2, 0) is 6.61 Å². The molecule has 0 bridgehead atoms. The lowest BCUT2D eigenvalue weighted by Gasteiger charge is -2.13. The van der Waals surface area contributed by atoms with Crippen molar-refractivity contribution in [3.63, 3.8) is 0 Å². The van der Waals surface area contributed by atoms with Gasteiger partial charge in [0, 0.05) is 17.7 Å². The minimum absolute atomic E-state index is 0.0461. The van der Waals surface area contributed by atoms with Crippen molar-refractivity contribution in [3.05, 3.63) is 138 Å². The van der Waals surface area contributed by atoms with Gasteiger partial charge in [0.25, 0.3) is 5.91 Å². The topological polar surface area (TPSA) is 50.7 Å². The van der Waals surface area contributed by atoms with Crippen LogP contribution in [0.4, 0.5) is 0 Å². The summed E-state index contributed by atoms with van der Waals surface area (Å²) in [6.07, 6.45) is 1.77. The maximum absolute atomic E-state index is 12.5. The summed E-state index contributed by atoms with van der Waals surface area (Å²) in [7, 11) is 0. The molecule has 0 aliphatic heterocycles. The molecule has 0 saturated carbocycles. The minimum atomic E-state index is -0.253. The van der Waals surface area contributed by atoms with Crippen LogP contribution in [0.2, 0.25) is 0 Å². The van der Waals surface area contributed by atoms with Crippen LogP contribution in [-0.4, -0.2) is 12.1 Å². The van der Waals surface area contributed by atoms with Gasteiger partial charge in [0.15, 0.2) is 0 Å². The molecule has 0 fully saturated rings. The molecular weight excluding hydrogens is 396 g/mol. The molecule has 158 valence electrons. The summed E-state index contributed by atoms with van der Waals surface area (Å²) in [5, 5.41) is 4.25. The fourth-order valence-corrected chi connectivity index (χ4v) is 3.36. The number of nitrogens with zero attached hydrogens (tertiary/aromatic N) is 1. The van der Waals surface area contributed by atoms with Crippen molar-refractivity contribution in [2.45, 2.75) is 12.5 Å². The Labute approximate surface area is 188 Å². The normalized spacial score (nSPS) is 10.9. The highest BCUT2D eigenvalue weighted by Crippen LogP contribution is 2.22. The van der Waals surface area contributed by atoms with Crippen molar-refractivity contribution in [2.24, 2.45) is 5.10 Å². The highest BCUT2D eigenvalue weighted by molar-refractivity contribution is 5.94. The summed E-state index contributed by atoms with van der Waals surface area (Å²) < 4.78 is 5.74. The molecule has 0 aliphatic carbocycles. The predicted octanol–water partition coefficient (Wildman–Crippen LogP) is 5.81. The number of carbonyl (C=O) groups is 1. The molecule has 0 radical (unpaired) electrons. The Morgan fingerprint density at radius 3 is 1.84 bits per heavy atom. The Morgan fingerprint density at radius 2 is 1.28 bits per heavy atom. The second kappa shape index (κ2) is 10.7. The lowest BCUT2D eigenvalue weighted by atomic mass is 9.92. The fraction of sp³-hybridized carbons (Fsp3) is 0.0714. The van der Waals surface area contributed by atoms with Crippen molar-refractivity contribution in [1.82, 2.24) is 5.43 Å². The van der Waals surface area contributed by atoms with Crippen LogP contribution in [0.3, 0.4) is 0 Å². The SMILES string of the molecule is O=C(NN=CC(c1ccccc1)c1ccccc1)c1ccc(COc2ccccc2)cc1. The van der Waals surface area contributed by atoms with E-state index in [-0.39, 0.29) is 11.8 Å². The Morgan fingerprint density at radius 1 is 0.750 bits per heavy atom. The van der Waals surface area contributed by atoms with E-state index in [0.29, 0.717) is 12.2 Å². The number of hydrazone groups is 1. The number of carbonyl (C=O) groups excluding carboxylic acids is 1. The van der Waals surface area contributed by atoms with Gasteiger partial charge < -0.3 is 4.74 Å². The molecule has 4 heteroatoms. The molecule has 1 amide bonds. The molecule has 32 heavy (non-hydrogen) atoms. The monoisotopic (exact) mass is 420 g/mol. The first-order valence-electron chi connectivity index (χ1n) is 10.5. The summed E-state index contributed by atoms with van der Waals surface area (Å²) in [6, 6.07) is 37.2. The molecular formula is C28H24N2O2. The summed E-state index contributed by atoms with van der Waals surface area (Å²) in [4.78, 5) is 12.5. The van der Waals surface area contributed by atoms with Gasteiger partial charge in [-0.05, 0) is 41.0 Å². The highest BCUT2D eigenvalue weighted by Gasteiger charge is 2.11. The molecule has 4 rings (SSSR count). The van der Waals surface area contributed by atoms with Crippen molar-refractivity contribution >= 4 is 12.1 Å². The van der Waals surface area contributed by atoms with Gasteiger partial charge >= 0.3 is 0 Å². The maximum Gasteiger partial charge on any atom is 0.271 e. The molecule has 0 saturated heterocycles. The number of hydrogen-bond donors (Lipinski definition) is 1. The zero-order valence-electron chi connectivity index (χ0n) is 17.6. The zero-order chi connectivity index (χ0) is 22.0. The number of benzene rings is 4. The van der Waals surface area contributed by atoms with Crippen molar-refractivity contribution in [2.75, 3.05) is 0 Å². The van der Waals surface area contributed by atoms with E-state index >= 15 is 0 Å². The summed E-state index contributed by atoms with van der Waals surface area (Å²) in [5.74, 6) is 0.516. The van der Waals surface area contributed by atoms with E-state index in [9.17, 15) is 4.79 Å². The first-order valence-corrected chi connectivity index (χ1v) is 10.5. The number of hydrogen-bond acceptors (Lipinski definition) is 3. The molecule has 0 aromatic heterocycles. The molecule has 0 heterocycles. The first kappa shape index (κ1) is 21.1. The number of nitrogens with one attached hydrogen (secondary N) is 1. The predicted molar refractivity (Wildman–Crippen MR) is 128 cm³/mol. The van der Waals surface area contributed by atoms with Gasteiger partial charge in [-0.3, -0.25) is 4.79 Å². The number of amides is 1. The van der Waals surface area contributed by atoms with Gasteiger partial charge in [-0.15, -0.1) is 0 Å². The molecule has 0 atom stereocenters. The van der Waals surface area contributed by atoms with Gasteiger partial charge in [-0.2, -0.15) is 5.10 Å². The lowest BCUT2D eigenvalue weighted by molar-refractivity contribution is 0.0955. The summed E-state index contributed by atoms with van der Waals surface area (Å²) in [5.41, 5.74) is 6.40. The van der Waals surface area contributed by atoms with E-state index in [1.807, 2.05) is 78.9 Å². The zero-order valence-corrected chi connectivity index (χ0v) is 17.6. The molecule has 4 aromatic rings. The van der Waals surface area contributed by atoms with Crippen LogP contribution in [0, 0.1) is 0 Å². The van der Waals surface area contributed by atoms with Gasteiger partial charge in [0.1, 0.15) is 12.4 Å². The average Bonchev–Trinajstić information content (AvgIpc) is 2.87. The smallest absolute Gasteiger partial charge is 0.271 e. The van der Waals surface area contributed by atoms with E-state index < -0.39 is 0 Å². The van der Waals surface area contributed by atoms with Gasteiger partial charge in [0.2, 0.25) is 0 Å². The molecule has 0 aliphatic rings. The van der Waals surface area contributed by atoms with E-state index in [1.165, 1.54) is 0 Å². The fourth-order valence-electron chi connectivity index (χ4n) is 3.36. The third kappa shape index (κ3) is 5.70. The Hall–Kier alpha value is -4.18. The third-order valence-corrected chi connectivity index (χ3v) is 5.07. The number of rotatable bonds is 8. The maximum atomic E-state index is 12.5. The second-order valence-corrected chi connectivity index (χ2v) is 7.32. The highest BCUT2D eigenvalue weighted by atomic mass is 16.5. The van der Waals surface area contributed by atoms with Crippen LogP contribution < -0.4 is 10.2 Å². The Bertz CT molecular complexity index is 1100. The van der Waals surface area contributed by atoms with Crippen molar-refractivity contribution in [3.8, 4) is 5.75 Å². The van der Waals surface area contributed by atoms with Gasteiger partial charge in [0.05, 0.1) is 0 Å². The van der Waals surface area contributed by atoms with E-state index in [1.54, 1.807) is 18.3 Å². The van der Waals surface area contributed by atoms with Crippen LogP contribution in [0.1, 0.15) is 33.0 Å². The van der Waals surface area contributed by atoms with E-state index in [4.69, 9.17) is 4.74 Å². The standard InChI is InChI=1S/C28H24N2O2/c31-28(25-18-16-22(17-19-25)21-32-26-14-8-3-9-15-26)30-29-20-27(23-10-4-1-5-11-23)24-12-6-2-7-13-24/h1-20,27H,21H2,(H,30,31). The van der Waals surface area contributed by atoms with Crippen molar-refractivity contribution < 1.29 is 9.53 Å². The van der Waals surface area contributed by atoms with Gasteiger partial charge in [-0.1, -0.05) is 91.0 Å². The lowest BCUT2D eigenvalue weighted by Crippen LogP contribution is -2.18. The minimum Gasteiger partial charge on any atom is -0.489 e. The van der Waals surface area contributed by atoms with Crippen LogP contribution >= 0.6 is 0 Å². The van der Waals surface area contributed by atoms with Crippen LogP contribution in [0.15, 0.2) is 120 Å². The number of ether oxygens (including phenoxy) is 1. The number of para-hydroxylation sites is 1. The van der Waals surface area contributed by atoms with E-state index in [2.05, 4.69) is 34.8 Å². The molecule has 4 aromatic carbocycles.